The van der Waals surface area contributed by atoms with Crippen LogP contribution in [0.2, 0.25) is 14.8 Å². The van der Waals surface area contributed by atoms with E-state index in [4.69, 9.17) is 14.2 Å². The van der Waals surface area contributed by atoms with E-state index in [1.165, 1.54) is 17.0 Å². The Hall–Kier alpha value is -2.18. The van der Waals surface area contributed by atoms with Crippen molar-refractivity contribution in [3.05, 3.63) is 51.9 Å². The van der Waals surface area contributed by atoms with E-state index in [0.29, 0.717) is 5.56 Å². The van der Waals surface area contributed by atoms with Gasteiger partial charge in [-0.05, 0) is 0 Å². The van der Waals surface area contributed by atoms with Crippen molar-refractivity contribution in [1.82, 2.24) is 4.90 Å². The summed E-state index contributed by atoms with van der Waals surface area (Å²) in [6, 6.07) is 3.88. The van der Waals surface area contributed by atoms with Crippen LogP contribution in [0.15, 0.2) is 40.7 Å². The number of hydrogen-bond acceptors (Lipinski definition) is 6. The first-order valence-corrected chi connectivity index (χ1v) is 21.9. The minimum atomic E-state index is -4.53. The Kier molecular flexibility index (Phi) is 7.17. The van der Waals surface area contributed by atoms with Gasteiger partial charge in [0.15, 0.2) is 0 Å². The van der Waals surface area contributed by atoms with Crippen molar-refractivity contribution in [3.63, 3.8) is 0 Å². The fourth-order valence-corrected chi connectivity index (χ4v) is 9.58. The summed E-state index contributed by atoms with van der Waals surface area (Å²) in [7, 11) is 0. The Balaban J connectivity index is 1.99. The molecule has 1 amide bonds. The Morgan fingerprint density at radius 3 is 1.89 bits per heavy atom. The van der Waals surface area contributed by atoms with Crippen LogP contribution in [0.4, 0.5) is 18.0 Å². The Labute approximate surface area is 217 Å². The first-order valence-electron chi connectivity index (χ1n) is 11.9. The number of Topliss-reactive ketones (excluding diaryl/α,β-unsaturated/α-hetero) is 2. The van der Waals surface area contributed by atoms with Crippen LogP contribution in [-0.2, 0) is 30.0 Å². The molecule has 200 valence electrons. The van der Waals surface area contributed by atoms with Crippen LogP contribution >= 0.6 is 0 Å². The van der Waals surface area contributed by atoms with Gasteiger partial charge in [-0.25, -0.2) is 0 Å². The molecule has 0 radical (unpaired) electrons. The molecule has 0 saturated carbocycles. The number of halogens is 3. The van der Waals surface area contributed by atoms with Gasteiger partial charge in [-0.2, -0.15) is 0 Å². The van der Waals surface area contributed by atoms with Gasteiger partial charge in [-0.1, -0.05) is 0 Å². The van der Waals surface area contributed by atoms with Crippen LogP contribution in [0.1, 0.15) is 37.8 Å². The van der Waals surface area contributed by atoms with Crippen LogP contribution < -0.4 is 3.58 Å². The van der Waals surface area contributed by atoms with E-state index >= 15 is 0 Å². The molecule has 0 saturated heterocycles. The van der Waals surface area contributed by atoms with Gasteiger partial charge in [0.1, 0.15) is 0 Å². The summed E-state index contributed by atoms with van der Waals surface area (Å²) in [6.07, 6.45) is -5.32. The van der Waals surface area contributed by atoms with Crippen molar-refractivity contribution in [1.29, 1.82) is 0 Å². The summed E-state index contributed by atoms with van der Waals surface area (Å²) in [5.41, 5.74) is -0.380. The number of alkyl halides is 3. The molecule has 1 aromatic carbocycles. The summed E-state index contributed by atoms with van der Waals surface area (Å²) in [5.74, 6) is -1.82. The van der Waals surface area contributed by atoms with E-state index in [0.717, 1.165) is 6.07 Å². The zero-order valence-corrected chi connectivity index (χ0v) is 24.5. The second-order valence-electron chi connectivity index (χ2n) is 11.4. The van der Waals surface area contributed by atoms with Crippen molar-refractivity contribution < 1.29 is 41.8 Å². The van der Waals surface area contributed by atoms with Crippen LogP contribution in [0, 0.1) is 0 Å². The summed E-state index contributed by atoms with van der Waals surface area (Å²) in [6.45, 7) is 4.33. The Bertz CT molecular complexity index is 1190. The SMILES string of the molecule is CC(C)(C)OC(=O)N1C2=C(C(=O)COC2)C(c2ccc(C(F)(F)F)[c]([Sn]([CH3])([CH3])[CH3])c2)C2=C1COCC2=O. The van der Waals surface area contributed by atoms with E-state index < -0.39 is 59.3 Å². The Morgan fingerprint density at radius 2 is 1.46 bits per heavy atom. The molecule has 0 aliphatic carbocycles. The average molecular weight is 628 g/mol. The van der Waals surface area contributed by atoms with Crippen LogP contribution in [0.25, 0.3) is 0 Å². The van der Waals surface area contributed by atoms with Crippen molar-refractivity contribution >= 4 is 39.6 Å². The normalized spacial score (nSPS) is 19.8. The number of benzene rings is 1. The molecule has 3 heterocycles. The van der Waals surface area contributed by atoms with Gasteiger partial charge in [-0.3, -0.25) is 0 Å². The molecule has 0 N–H and O–H groups in total. The Morgan fingerprint density at radius 1 is 0.946 bits per heavy atom. The monoisotopic (exact) mass is 629 g/mol. The zero-order valence-electron chi connectivity index (χ0n) is 21.7. The molecule has 0 aromatic heterocycles. The van der Waals surface area contributed by atoms with Crippen LogP contribution in [0.5, 0.6) is 0 Å². The topological polar surface area (TPSA) is 82.1 Å². The van der Waals surface area contributed by atoms with Gasteiger partial charge in [0.2, 0.25) is 0 Å². The summed E-state index contributed by atoms with van der Waals surface area (Å²) in [5, 5.41) is 0. The third kappa shape index (κ3) is 5.37. The van der Waals surface area contributed by atoms with Gasteiger partial charge in [0.25, 0.3) is 0 Å². The van der Waals surface area contributed by atoms with Gasteiger partial charge in [0.05, 0.1) is 0 Å². The number of amides is 1. The fourth-order valence-electron chi connectivity index (χ4n) is 4.92. The minimum absolute atomic E-state index is 0.103. The van der Waals surface area contributed by atoms with Crippen molar-refractivity contribution in [2.45, 2.75) is 53.3 Å². The van der Waals surface area contributed by atoms with E-state index in [1.54, 1.807) is 20.8 Å². The van der Waals surface area contributed by atoms with Gasteiger partial charge in [0, 0.05) is 0 Å². The standard InChI is InChI=1S/C23H21F3NO6.3CH3.Sn/c1-22(2,3)33-21(30)27-14-8-31-10-16(28)19(14)18(20-15(27)9-32-11-17(20)29)12-4-6-13(7-5-12)23(24,25)26;;;;/h4-6,18H,8-11H2,1-3H3;3*1H3;. The number of nitrogens with zero attached hydrogens (tertiary/aromatic N) is 1. The molecule has 7 nitrogen and oxygen atoms in total. The quantitative estimate of drug-likeness (QED) is 0.455. The average Bonchev–Trinajstić information content (AvgIpc) is 2.75. The predicted molar refractivity (Wildman–Crippen MR) is 131 cm³/mol. The summed E-state index contributed by atoms with van der Waals surface area (Å²) >= 11 is -3.35. The van der Waals surface area contributed by atoms with E-state index in [2.05, 4.69) is 0 Å². The van der Waals surface area contributed by atoms with Crippen molar-refractivity contribution in [2.24, 2.45) is 0 Å². The molecule has 4 rings (SSSR count). The fraction of sp³-hybridized carbons (Fsp3) is 0.500. The maximum atomic E-state index is 13.9. The van der Waals surface area contributed by atoms with E-state index in [9.17, 15) is 27.6 Å². The molecule has 37 heavy (non-hydrogen) atoms. The molecule has 0 spiro atoms. The molecule has 3 aliphatic rings. The maximum absolute atomic E-state index is 13.9. The molecular formula is C26H30F3NO6Sn. The third-order valence-electron chi connectivity index (χ3n) is 6.35. The van der Waals surface area contributed by atoms with Gasteiger partial charge in [-0.15, -0.1) is 0 Å². The van der Waals surface area contributed by atoms with Crippen molar-refractivity contribution in [3.8, 4) is 0 Å². The molecule has 0 fully saturated rings. The predicted octanol–water partition coefficient (Wildman–Crippen LogP) is 4.29. The van der Waals surface area contributed by atoms with E-state index in [1.807, 2.05) is 14.8 Å². The molecule has 11 heteroatoms. The molecule has 3 aliphatic heterocycles. The number of carbonyl (C=O) groups excluding carboxylic acids is 3. The summed E-state index contributed by atoms with van der Waals surface area (Å²) < 4.78 is 58.4. The molecule has 0 bridgehead atoms. The van der Waals surface area contributed by atoms with Crippen LogP contribution in [0.3, 0.4) is 0 Å². The number of ketones is 2. The third-order valence-corrected chi connectivity index (χ3v) is 12.1. The summed E-state index contributed by atoms with van der Waals surface area (Å²) in [4.78, 5) is 46.6. The molecular weight excluding hydrogens is 598 g/mol. The number of ether oxygens (including phenoxy) is 3. The number of carbonyl (C=O) groups is 3. The molecule has 0 unspecified atom stereocenters. The second kappa shape index (κ2) is 9.53. The molecule has 0 atom stereocenters. The van der Waals surface area contributed by atoms with Gasteiger partial charge >= 0.3 is 218 Å². The van der Waals surface area contributed by atoms with E-state index in [-0.39, 0.29) is 52.5 Å². The molecule has 1 aromatic rings. The first-order chi connectivity index (χ1) is 17.0. The van der Waals surface area contributed by atoms with Crippen molar-refractivity contribution in [2.75, 3.05) is 26.4 Å². The number of rotatable bonds is 2. The number of hydrogen-bond donors (Lipinski definition) is 0. The van der Waals surface area contributed by atoms with Crippen LogP contribution in [-0.4, -0.2) is 73.0 Å². The van der Waals surface area contributed by atoms with Gasteiger partial charge < -0.3 is 0 Å². The second-order valence-corrected chi connectivity index (χ2v) is 25.7. The zero-order chi connectivity index (χ0) is 27.5. The first kappa shape index (κ1) is 27.8.